The SMILES string of the molecule is FC(F)C(F)(F)c1nc2ccc(Cl)cc2[nH]1. The highest BCUT2D eigenvalue weighted by atomic mass is 35.5. The summed E-state index contributed by atoms with van der Waals surface area (Å²) in [5.41, 5.74) is 0.363. The van der Waals surface area contributed by atoms with Crippen LogP contribution < -0.4 is 0 Å². The van der Waals surface area contributed by atoms with Crippen molar-refractivity contribution in [2.75, 3.05) is 0 Å². The molecule has 0 radical (unpaired) electrons. The van der Waals surface area contributed by atoms with Crippen LogP contribution in [-0.2, 0) is 5.92 Å². The van der Waals surface area contributed by atoms with E-state index in [0.29, 0.717) is 5.02 Å². The van der Waals surface area contributed by atoms with Crippen LogP contribution in [0.3, 0.4) is 0 Å². The maximum Gasteiger partial charge on any atom is 0.363 e. The molecular formula is C9H5ClF4N2. The second-order valence-electron chi connectivity index (χ2n) is 3.17. The number of imidazole rings is 1. The van der Waals surface area contributed by atoms with Gasteiger partial charge in [-0.1, -0.05) is 11.6 Å². The summed E-state index contributed by atoms with van der Waals surface area (Å²) in [5.74, 6) is -5.34. The van der Waals surface area contributed by atoms with Crippen molar-refractivity contribution >= 4 is 22.6 Å². The lowest BCUT2D eigenvalue weighted by molar-refractivity contribution is -0.140. The van der Waals surface area contributed by atoms with E-state index in [0.717, 1.165) is 0 Å². The minimum Gasteiger partial charge on any atom is -0.337 e. The van der Waals surface area contributed by atoms with Crippen LogP contribution in [0.5, 0.6) is 0 Å². The number of nitrogens with zero attached hydrogens (tertiary/aromatic N) is 1. The fraction of sp³-hybridized carbons (Fsp3) is 0.222. The summed E-state index contributed by atoms with van der Waals surface area (Å²) < 4.78 is 50.0. The Kier molecular flexibility index (Phi) is 2.53. The second kappa shape index (κ2) is 3.62. The predicted molar refractivity (Wildman–Crippen MR) is 51.0 cm³/mol. The van der Waals surface area contributed by atoms with Gasteiger partial charge in [0, 0.05) is 5.02 Å². The van der Waals surface area contributed by atoms with Crippen molar-refractivity contribution in [1.82, 2.24) is 9.97 Å². The van der Waals surface area contributed by atoms with E-state index >= 15 is 0 Å². The van der Waals surface area contributed by atoms with Crippen molar-refractivity contribution in [2.24, 2.45) is 0 Å². The summed E-state index contributed by atoms with van der Waals surface area (Å²) in [5, 5.41) is 0.308. The van der Waals surface area contributed by atoms with Crippen LogP contribution in [-0.4, -0.2) is 16.4 Å². The van der Waals surface area contributed by atoms with Crippen LogP contribution >= 0.6 is 11.6 Å². The number of fused-ring (bicyclic) bond motifs is 1. The number of hydrogen-bond acceptors (Lipinski definition) is 1. The first-order chi connectivity index (χ1) is 7.41. The highest BCUT2D eigenvalue weighted by Gasteiger charge is 2.45. The zero-order valence-corrected chi connectivity index (χ0v) is 8.40. The van der Waals surface area contributed by atoms with Gasteiger partial charge in [-0.15, -0.1) is 0 Å². The maximum absolute atomic E-state index is 12.9. The van der Waals surface area contributed by atoms with Crippen molar-refractivity contribution < 1.29 is 17.6 Å². The van der Waals surface area contributed by atoms with Crippen LogP contribution in [0.15, 0.2) is 18.2 Å². The minimum atomic E-state index is -4.29. The lowest BCUT2D eigenvalue weighted by Crippen LogP contribution is -2.25. The molecule has 7 heteroatoms. The Morgan fingerprint density at radius 2 is 2.00 bits per heavy atom. The van der Waals surface area contributed by atoms with Gasteiger partial charge in [0.2, 0.25) is 0 Å². The Labute approximate surface area is 92.2 Å². The molecule has 0 saturated heterocycles. The summed E-state index contributed by atoms with van der Waals surface area (Å²) in [6.07, 6.45) is -3.80. The normalized spacial score (nSPS) is 12.6. The van der Waals surface area contributed by atoms with E-state index in [-0.39, 0.29) is 11.0 Å². The van der Waals surface area contributed by atoms with Gasteiger partial charge in [-0.25, -0.2) is 13.8 Å². The lowest BCUT2D eigenvalue weighted by Gasteiger charge is -2.11. The molecule has 1 heterocycles. The zero-order valence-electron chi connectivity index (χ0n) is 7.65. The summed E-state index contributed by atoms with van der Waals surface area (Å²) in [6, 6.07) is 4.16. The third kappa shape index (κ3) is 1.73. The number of halogens is 5. The van der Waals surface area contributed by atoms with Gasteiger partial charge < -0.3 is 4.98 Å². The van der Waals surface area contributed by atoms with Gasteiger partial charge in [0.25, 0.3) is 0 Å². The lowest BCUT2D eigenvalue weighted by atomic mass is 10.3. The smallest absolute Gasteiger partial charge is 0.337 e. The van der Waals surface area contributed by atoms with Crippen LogP contribution in [0, 0.1) is 0 Å². The van der Waals surface area contributed by atoms with E-state index in [2.05, 4.69) is 9.97 Å². The van der Waals surface area contributed by atoms with Crippen LogP contribution in [0.25, 0.3) is 11.0 Å². The second-order valence-corrected chi connectivity index (χ2v) is 3.61. The van der Waals surface area contributed by atoms with E-state index in [1.165, 1.54) is 18.2 Å². The van der Waals surface area contributed by atoms with Crippen LogP contribution in [0.4, 0.5) is 17.6 Å². The Balaban J connectivity index is 2.55. The highest BCUT2D eigenvalue weighted by Crippen LogP contribution is 2.33. The number of benzene rings is 1. The van der Waals surface area contributed by atoms with Crippen LogP contribution in [0.2, 0.25) is 5.02 Å². The molecule has 0 unspecified atom stereocenters. The van der Waals surface area contributed by atoms with E-state index in [4.69, 9.17) is 11.6 Å². The summed E-state index contributed by atoms with van der Waals surface area (Å²) in [7, 11) is 0. The third-order valence-corrected chi connectivity index (χ3v) is 2.27. The number of rotatable bonds is 2. The topological polar surface area (TPSA) is 28.7 Å². The molecular weight excluding hydrogens is 248 g/mol. The van der Waals surface area contributed by atoms with Gasteiger partial charge in [0.1, 0.15) is 0 Å². The molecule has 1 aromatic carbocycles. The number of nitrogens with one attached hydrogen (secondary N) is 1. The molecule has 0 aliphatic rings. The van der Waals surface area contributed by atoms with E-state index in [1.807, 2.05) is 0 Å². The largest absolute Gasteiger partial charge is 0.363 e. The van der Waals surface area contributed by atoms with Crippen molar-refractivity contribution in [3.63, 3.8) is 0 Å². The van der Waals surface area contributed by atoms with Gasteiger partial charge in [-0.05, 0) is 18.2 Å². The average molecular weight is 253 g/mol. The van der Waals surface area contributed by atoms with Crippen molar-refractivity contribution in [2.45, 2.75) is 12.3 Å². The first kappa shape index (κ1) is 11.2. The van der Waals surface area contributed by atoms with Gasteiger partial charge in [-0.3, -0.25) is 0 Å². The summed E-state index contributed by atoms with van der Waals surface area (Å²) in [4.78, 5) is 5.54. The van der Waals surface area contributed by atoms with Crippen molar-refractivity contribution in [1.29, 1.82) is 0 Å². The van der Waals surface area contributed by atoms with Crippen molar-refractivity contribution in [3.05, 3.63) is 29.0 Å². The number of aromatic nitrogens is 2. The first-order valence-corrected chi connectivity index (χ1v) is 4.61. The molecule has 1 N–H and O–H groups in total. The molecule has 1 aromatic heterocycles. The molecule has 16 heavy (non-hydrogen) atoms. The Bertz CT molecular complexity index is 523. The highest BCUT2D eigenvalue weighted by molar-refractivity contribution is 6.31. The number of alkyl halides is 4. The molecule has 2 rings (SSSR count). The van der Waals surface area contributed by atoms with Gasteiger partial charge in [-0.2, -0.15) is 8.78 Å². The fourth-order valence-corrected chi connectivity index (χ4v) is 1.42. The minimum absolute atomic E-state index is 0.166. The van der Waals surface area contributed by atoms with Crippen LogP contribution in [0.1, 0.15) is 5.82 Å². The Hall–Kier alpha value is -1.30. The standard InChI is InChI=1S/C9H5ClF4N2/c10-4-1-2-5-6(3-4)16-8(15-5)9(13,14)7(11)12/h1-3,7H,(H,15,16). The number of hydrogen-bond donors (Lipinski definition) is 1. The molecule has 0 aliphatic heterocycles. The maximum atomic E-state index is 12.9. The quantitative estimate of drug-likeness (QED) is 0.813. The number of H-pyrrole nitrogens is 1. The van der Waals surface area contributed by atoms with Gasteiger partial charge in [0.15, 0.2) is 5.82 Å². The Morgan fingerprint density at radius 1 is 1.31 bits per heavy atom. The molecule has 2 nitrogen and oxygen atoms in total. The summed E-state index contributed by atoms with van der Waals surface area (Å²) in [6.45, 7) is 0. The van der Waals surface area contributed by atoms with Gasteiger partial charge >= 0.3 is 12.3 Å². The zero-order chi connectivity index (χ0) is 11.9. The molecule has 0 bridgehead atoms. The van der Waals surface area contributed by atoms with Crippen molar-refractivity contribution in [3.8, 4) is 0 Å². The Morgan fingerprint density at radius 3 is 2.62 bits per heavy atom. The monoisotopic (exact) mass is 252 g/mol. The van der Waals surface area contributed by atoms with Gasteiger partial charge in [0.05, 0.1) is 11.0 Å². The first-order valence-electron chi connectivity index (χ1n) is 4.23. The molecule has 0 saturated carbocycles. The van der Waals surface area contributed by atoms with E-state index in [9.17, 15) is 17.6 Å². The molecule has 86 valence electrons. The molecule has 0 spiro atoms. The molecule has 0 aliphatic carbocycles. The number of aromatic amines is 1. The molecule has 0 amide bonds. The van der Waals surface area contributed by atoms with E-state index < -0.39 is 18.2 Å². The average Bonchev–Trinajstić information content (AvgIpc) is 2.60. The molecule has 0 fully saturated rings. The molecule has 0 atom stereocenters. The van der Waals surface area contributed by atoms with E-state index in [1.54, 1.807) is 0 Å². The fourth-order valence-electron chi connectivity index (χ4n) is 1.24. The third-order valence-electron chi connectivity index (χ3n) is 2.03. The predicted octanol–water partition coefficient (Wildman–Crippen LogP) is 3.57. The molecule has 2 aromatic rings. The summed E-state index contributed by atoms with van der Waals surface area (Å²) >= 11 is 5.62.